The van der Waals surface area contributed by atoms with Crippen molar-refractivity contribution in [1.82, 2.24) is 5.32 Å². The molecule has 0 saturated heterocycles. The van der Waals surface area contributed by atoms with E-state index in [-0.39, 0.29) is 12.8 Å². The maximum atomic E-state index is 12.3. The lowest BCUT2D eigenvalue weighted by Gasteiger charge is -2.18. The number of aliphatic hydroxyl groups excluding tert-OH is 1. The third-order valence-corrected chi connectivity index (χ3v) is 11.0. The number of hydrogen-bond acceptors (Lipinski definition) is 8. The molecule has 0 saturated carbocycles. The van der Waals surface area contributed by atoms with Crippen LogP contribution in [0, 0.1) is 0 Å². The number of rotatable bonds is 45. The van der Waals surface area contributed by atoms with Gasteiger partial charge in [0.1, 0.15) is 12.7 Å². The highest BCUT2D eigenvalue weighted by atomic mass is 31.2. The van der Waals surface area contributed by atoms with E-state index in [1.54, 1.807) is 0 Å². The number of hydrogen-bond donors (Lipinski definition) is 4. The Hall–Kier alpha value is -3.86. The number of aliphatic hydroxyl groups is 1. The van der Waals surface area contributed by atoms with Gasteiger partial charge in [-0.15, -0.1) is 0 Å². The van der Waals surface area contributed by atoms with Crippen molar-refractivity contribution in [3.05, 3.63) is 109 Å². The summed E-state index contributed by atoms with van der Waals surface area (Å²) in [5.41, 5.74) is 0. The molecule has 0 aromatic rings. The summed E-state index contributed by atoms with van der Waals surface area (Å²) < 4.78 is 26.9. The first kappa shape index (κ1) is 62.1. The predicted molar refractivity (Wildman–Crippen MR) is 272 cm³/mol. The molecule has 0 aliphatic rings. The Balaban J connectivity index is 3.95. The largest absolute Gasteiger partial charge is 0.480 e. The highest BCUT2D eigenvalue weighted by Crippen LogP contribution is 2.43. The number of carboxylic acids is 1. The van der Waals surface area contributed by atoms with Crippen molar-refractivity contribution >= 4 is 25.7 Å². The molecule has 12 heteroatoms. The van der Waals surface area contributed by atoms with Gasteiger partial charge in [-0.05, 0) is 103 Å². The normalized spacial score (nSPS) is 14.5. The Morgan fingerprint density at radius 1 is 0.500 bits per heavy atom. The molecule has 0 aliphatic carbocycles. The average Bonchev–Trinajstić information content (AvgIpc) is 3.29. The van der Waals surface area contributed by atoms with Crippen LogP contribution >= 0.6 is 7.82 Å². The number of nitrogens with one attached hydrogen (secondary N) is 1. The number of phosphoric acid groups is 1. The second kappa shape index (κ2) is 47.6. The molecule has 0 rings (SSSR count). The highest BCUT2D eigenvalue weighted by Gasteiger charge is 2.28. The number of carboxylic acid groups (broad SMARTS) is 1. The van der Waals surface area contributed by atoms with Crippen LogP contribution < -0.4 is 5.32 Å². The minimum absolute atomic E-state index is 0.0834. The van der Waals surface area contributed by atoms with Gasteiger partial charge in [-0.25, -0.2) is 9.36 Å². The fourth-order valence-corrected chi connectivity index (χ4v) is 6.98. The van der Waals surface area contributed by atoms with E-state index in [9.17, 15) is 34.1 Å². The van der Waals surface area contributed by atoms with Crippen molar-refractivity contribution in [1.29, 1.82) is 0 Å². The predicted octanol–water partition coefficient (Wildman–Crippen LogP) is 13.8. The zero-order valence-electron chi connectivity index (χ0n) is 40.7. The summed E-state index contributed by atoms with van der Waals surface area (Å²) in [5.74, 6) is -2.46. The lowest BCUT2D eigenvalue weighted by atomic mass is 10.1. The van der Waals surface area contributed by atoms with Gasteiger partial charge in [0.05, 0.1) is 13.2 Å². The summed E-state index contributed by atoms with van der Waals surface area (Å²) in [7, 11) is -4.78. The Morgan fingerprint density at radius 2 is 0.879 bits per heavy atom. The average molecular weight is 942 g/mol. The van der Waals surface area contributed by atoms with Gasteiger partial charge in [-0.1, -0.05) is 175 Å². The maximum Gasteiger partial charge on any atom is 0.472 e. The lowest BCUT2D eigenvalue weighted by molar-refractivity contribution is -0.147. The fraction of sp³-hybridized carbons (Fsp3) is 0.611. The van der Waals surface area contributed by atoms with Crippen molar-refractivity contribution in [2.75, 3.05) is 19.8 Å². The van der Waals surface area contributed by atoms with Gasteiger partial charge in [-0.2, -0.15) is 0 Å². The zero-order valence-corrected chi connectivity index (χ0v) is 41.6. The molecule has 0 aliphatic heterocycles. The minimum atomic E-state index is -4.78. The van der Waals surface area contributed by atoms with Crippen LogP contribution in [0.1, 0.15) is 181 Å². The molecular weight excluding hydrogens is 854 g/mol. The Bertz CT molecular complexity index is 1530. The molecule has 11 nitrogen and oxygen atoms in total. The molecule has 0 fully saturated rings. The summed E-state index contributed by atoms with van der Waals surface area (Å²) in [6.45, 7) is 2.41. The second-order valence-electron chi connectivity index (χ2n) is 16.3. The highest BCUT2D eigenvalue weighted by molar-refractivity contribution is 7.47. The number of amides is 1. The Kier molecular flexibility index (Phi) is 44.8. The van der Waals surface area contributed by atoms with Gasteiger partial charge < -0.3 is 25.2 Å². The van der Waals surface area contributed by atoms with Gasteiger partial charge in [-0.3, -0.25) is 18.6 Å². The van der Waals surface area contributed by atoms with Gasteiger partial charge in [0.2, 0.25) is 5.91 Å². The van der Waals surface area contributed by atoms with Gasteiger partial charge >= 0.3 is 19.8 Å². The van der Waals surface area contributed by atoms with Crippen molar-refractivity contribution in [2.45, 2.75) is 193 Å². The summed E-state index contributed by atoms with van der Waals surface area (Å²) in [5, 5.41) is 21.9. The van der Waals surface area contributed by atoms with E-state index in [4.69, 9.17) is 13.8 Å². The molecule has 66 heavy (non-hydrogen) atoms. The van der Waals surface area contributed by atoms with Gasteiger partial charge in [0.25, 0.3) is 0 Å². The molecule has 3 unspecified atom stereocenters. The van der Waals surface area contributed by atoms with Crippen LogP contribution in [0.15, 0.2) is 109 Å². The number of carbonyl (C=O) groups is 3. The standard InChI is InChI=1S/C54H88NO10P/c1-3-5-7-9-11-13-15-17-19-21-23-25-27-29-31-33-35-37-39-41-43-45-52(57)55-51(54(59)60)49-65-66(61,62)64-48-50(56)47-63-53(58)46-44-42-40-38-36-34-32-30-28-26-24-22-20-18-16-14-12-10-8-6-4-2/h5,7,11-14,17-20,23-26,29,31,35,37,50-51,56H,3-4,6,8-10,15-16,21-22,27-28,30,32-34,36,38-49H2,1-2H3,(H,55,57)(H,59,60)(H,61,62)/b7-5-,13-11-,14-12-,19-17-,20-18-,25-23-,26-24-,31-29-,37-35-. The molecule has 0 spiro atoms. The van der Waals surface area contributed by atoms with Crippen LogP contribution in [0.3, 0.4) is 0 Å². The monoisotopic (exact) mass is 942 g/mol. The minimum Gasteiger partial charge on any atom is -0.480 e. The number of phosphoric ester groups is 1. The first-order valence-electron chi connectivity index (χ1n) is 24.9. The third kappa shape index (κ3) is 46.7. The van der Waals surface area contributed by atoms with E-state index in [1.807, 2.05) is 6.08 Å². The topological polar surface area (TPSA) is 169 Å². The first-order chi connectivity index (χ1) is 32.1. The summed E-state index contributed by atoms with van der Waals surface area (Å²) in [6.07, 6.45) is 62.5. The second-order valence-corrected chi connectivity index (χ2v) is 17.7. The molecule has 0 radical (unpaired) electrons. The van der Waals surface area contributed by atoms with Crippen LogP contribution in [0.4, 0.5) is 0 Å². The van der Waals surface area contributed by atoms with Crippen molar-refractivity contribution in [3.8, 4) is 0 Å². The molecule has 0 heterocycles. The Morgan fingerprint density at radius 3 is 1.33 bits per heavy atom. The number of ether oxygens (including phenoxy) is 1. The summed E-state index contributed by atoms with van der Waals surface area (Å²) in [6, 6.07) is -1.58. The lowest BCUT2D eigenvalue weighted by Crippen LogP contribution is -2.43. The van der Waals surface area contributed by atoms with Crippen LogP contribution in [0.25, 0.3) is 0 Å². The van der Waals surface area contributed by atoms with Crippen LogP contribution in [0.2, 0.25) is 0 Å². The first-order valence-corrected chi connectivity index (χ1v) is 26.4. The molecular formula is C54H88NO10P. The zero-order chi connectivity index (χ0) is 48.4. The van der Waals surface area contributed by atoms with E-state index in [0.717, 1.165) is 89.9 Å². The third-order valence-electron chi connectivity index (χ3n) is 10.0. The fourth-order valence-electron chi connectivity index (χ4n) is 6.21. The van der Waals surface area contributed by atoms with Crippen LogP contribution in [-0.4, -0.2) is 64.9 Å². The molecule has 3 atom stereocenters. The number of aliphatic carboxylic acids is 1. The van der Waals surface area contributed by atoms with E-state index >= 15 is 0 Å². The number of unbranched alkanes of at least 4 members (excludes halogenated alkanes) is 13. The molecule has 374 valence electrons. The Labute approximate surface area is 399 Å². The maximum absolute atomic E-state index is 12.3. The number of carbonyl (C=O) groups excluding carboxylic acids is 2. The van der Waals surface area contributed by atoms with Crippen LogP contribution in [-0.2, 0) is 32.7 Å². The van der Waals surface area contributed by atoms with E-state index in [2.05, 4.69) is 122 Å². The number of esters is 1. The van der Waals surface area contributed by atoms with Crippen molar-refractivity contribution in [2.24, 2.45) is 0 Å². The summed E-state index contributed by atoms with van der Waals surface area (Å²) in [4.78, 5) is 46.1. The number of allylic oxidation sites excluding steroid dienone is 18. The van der Waals surface area contributed by atoms with E-state index in [0.29, 0.717) is 12.8 Å². The quantitative estimate of drug-likeness (QED) is 0.0200. The van der Waals surface area contributed by atoms with E-state index < -0.39 is 57.6 Å². The SMILES string of the molecule is CC/C=C\C/C=C\C/C=C\C/C=C\C/C=C\C/C=C\CCCCC(=O)NC(COP(=O)(O)OCC(O)COC(=O)CCCCCCCCCC/C=C\C/C=C\C/C=C\CCCCC)C(=O)O. The van der Waals surface area contributed by atoms with E-state index in [1.165, 1.54) is 51.4 Å². The van der Waals surface area contributed by atoms with Crippen molar-refractivity contribution in [3.63, 3.8) is 0 Å². The molecule has 0 aromatic carbocycles. The summed E-state index contributed by atoms with van der Waals surface area (Å²) >= 11 is 0. The molecule has 4 N–H and O–H groups in total. The van der Waals surface area contributed by atoms with Crippen molar-refractivity contribution < 1.29 is 47.8 Å². The smallest absolute Gasteiger partial charge is 0.472 e. The van der Waals surface area contributed by atoms with Gasteiger partial charge in [0.15, 0.2) is 6.04 Å². The van der Waals surface area contributed by atoms with Crippen LogP contribution in [0.5, 0.6) is 0 Å². The van der Waals surface area contributed by atoms with Gasteiger partial charge in [0, 0.05) is 12.8 Å². The molecule has 1 amide bonds. The molecule has 0 bridgehead atoms. The molecule has 0 aromatic heterocycles.